The van der Waals surface area contributed by atoms with E-state index in [2.05, 4.69) is 0 Å². The monoisotopic (exact) mass is 318 g/mol. The molecule has 118 valence electrons. The highest BCUT2D eigenvalue weighted by atomic mass is 32.2. The zero-order valence-corrected chi connectivity index (χ0v) is 12.5. The van der Waals surface area contributed by atoms with E-state index in [1.165, 1.54) is 19.2 Å². The number of methoxy groups -OCH3 is 1. The van der Waals surface area contributed by atoms with Gasteiger partial charge in [0.2, 0.25) is 10.0 Å². The summed E-state index contributed by atoms with van der Waals surface area (Å²) < 4.78 is 31.7. The second-order valence-electron chi connectivity index (χ2n) is 4.37. The van der Waals surface area contributed by atoms with Crippen molar-refractivity contribution in [2.75, 3.05) is 19.5 Å². The van der Waals surface area contributed by atoms with Crippen LogP contribution in [0.15, 0.2) is 18.2 Å². The van der Waals surface area contributed by atoms with E-state index in [4.69, 9.17) is 14.6 Å². The van der Waals surface area contributed by atoms with Gasteiger partial charge in [-0.2, -0.15) is 0 Å². The predicted octanol–water partition coefficient (Wildman–Crippen LogP) is 1.44. The number of primary sulfonamides is 1. The zero-order chi connectivity index (χ0) is 15.9. The molecule has 1 aromatic rings. The lowest BCUT2D eigenvalue weighted by molar-refractivity contribution is -0.385. The summed E-state index contributed by atoms with van der Waals surface area (Å²) in [5, 5.41) is 15.8. The Bertz CT molecular complexity index is 587. The lowest BCUT2D eigenvalue weighted by Crippen LogP contribution is -2.16. The van der Waals surface area contributed by atoms with Crippen molar-refractivity contribution < 1.29 is 22.8 Å². The molecule has 0 radical (unpaired) electrons. The first-order valence-corrected chi connectivity index (χ1v) is 8.01. The van der Waals surface area contributed by atoms with Crippen LogP contribution in [0.25, 0.3) is 0 Å². The smallest absolute Gasteiger partial charge is 0.314 e. The molecule has 0 saturated heterocycles. The Kier molecular flexibility index (Phi) is 6.38. The molecule has 21 heavy (non-hydrogen) atoms. The van der Waals surface area contributed by atoms with Crippen LogP contribution < -0.4 is 14.6 Å². The maximum absolute atomic E-state index is 10.9. The van der Waals surface area contributed by atoms with Crippen LogP contribution in [0.1, 0.15) is 19.3 Å². The molecule has 0 aliphatic heterocycles. The molecule has 1 aromatic carbocycles. The van der Waals surface area contributed by atoms with Crippen molar-refractivity contribution >= 4 is 15.7 Å². The Labute approximate surface area is 123 Å². The molecule has 1 rings (SSSR count). The third-order valence-corrected chi connectivity index (χ3v) is 3.55. The van der Waals surface area contributed by atoms with Crippen molar-refractivity contribution in [2.24, 2.45) is 5.14 Å². The topological polar surface area (TPSA) is 122 Å². The summed E-state index contributed by atoms with van der Waals surface area (Å²) in [6, 6.07) is 4.33. The van der Waals surface area contributed by atoms with Gasteiger partial charge >= 0.3 is 5.69 Å². The van der Waals surface area contributed by atoms with Crippen LogP contribution in [0.5, 0.6) is 11.5 Å². The van der Waals surface area contributed by atoms with Gasteiger partial charge in [-0.1, -0.05) is 0 Å². The van der Waals surface area contributed by atoms with Crippen molar-refractivity contribution in [3.63, 3.8) is 0 Å². The van der Waals surface area contributed by atoms with Crippen LogP contribution in [0.2, 0.25) is 0 Å². The molecule has 0 heterocycles. The van der Waals surface area contributed by atoms with Crippen LogP contribution in [0, 0.1) is 10.1 Å². The van der Waals surface area contributed by atoms with Gasteiger partial charge in [-0.25, -0.2) is 13.6 Å². The van der Waals surface area contributed by atoms with Gasteiger partial charge in [-0.05, 0) is 31.4 Å². The minimum Gasteiger partial charge on any atom is -0.496 e. The summed E-state index contributed by atoms with van der Waals surface area (Å²) in [5.74, 6) is 0.463. The Morgan fingerprint density at radius 2 is 2.00 bits per heavy atom. The van der Waals surface area contributed by atoms with E-state index >= 15 is 0 Å². The number of unbranched alkanes of at least 4 members (excludes halogenated alkanes) is 2. The zero-order valence-electron chi connectivity index (χ0n) is 11.6. The molecule has 0 saturated carbocycles. The lowest BCUT2D eigenvalue weighted by Gasteiger charge is -2.08. The number of hydrogen-bond acceptors (Lipinski definition) is 6. The number of rotatable bonds is 9. The molecular formula is C12H18N2O6S. The van der Waals surface area contributed by atoms with Crippen molar-refractivity contribution in [1.29, 1.82) is 0 Å². The predicted molar refractivity (Wildman–Crippen MR) is 77.0 cm³/mol. The number of nitrogens with two attached hydrogens (primary N) is 1. The number of ether oxygens (including phenoxy) is 2. The van der Waals surface area contributed by atoms with Crippen LogP contribution >= 0.6 is 0 Å². The molecule has 9 heteroatoms. The number of benzene rings is 1. The summed E-state index contributed by atoms with van der Waals surface area (Å²) in [6.07, 6.45) is 1.63. The SMILES string of the molecule is COc1ccc(OCCCCCS(N)(=O)=O)c([N+](=O)[O-])c1. The average Bonchev–Trinajstić information content (AvgIpc) is 2.41. The average molecular weight is 318 g/mol. The van der Waals surface area contributed by atoms with E-state index in [0.29, 0.717) is 25.0 Å². The van der Waals surface area contributed by atoms with E-state index in [1.807, 2.05) is 0 Å². The number of nitrogens with zero attached hydrogens (tertiary/aromatic N) is 1. The van der Waals surface area contributed by atoms with Gasteiger partial charge in [0, 0.05) is 0 Å². The molecule has 0 fully saturated rings. The van der Waals surface area contributed by atoms with Gasteiger partial charge in [-0.15, -0.1) is 0 Å². The van der Waals surface area contributed by atoms with Gasteiger partial charge < -0.3 is 9.47 Å². The second kappa shape index (κ2) is 7.79. The Morgan fingerprint density at radius 1 is 1.29 bits per heavy atom. The summed E-state index contributed by atoms with van der Waals surface area (Å²) in [5.41, 5.74) is -0.168. The highest BCUT2D eigenvalue weighted by Crippen LogP contribution is 2.31. The molecule has 0 spiro atoms. The van der Waals surface area contributed by atoms with Crippen LogP contribution in [-0.2, 0) is 10.0 Å². The first kappa shape index (κ1) is 17.2. The van der Waals surface area contributed by atoms with Gasteiger partial charge in [0.25, 0.3) is 0 Å². The minimum absolute atomic E-state index is 0.0737. The maximum Gasteiger partial charge on any atom is 0.314 e. The third-order valence-electron chi connectivity index (χ3n) is 2.69. The Balaban J connectivity index is 2.46. The van der Waals surface area contributed by atoms with E-state index in [-0.39, 0.29) is 23.8 Å². The minimum atomic E-state index is -3.43. The van der Waals surface area contributed by atoms with Gasteiger partial charge in [0.05, 0.1) is 30.5 Å². The molecule has 8 nitrogen and oxygen atoms in total. The lowest BCUT2D eigenvalue weighted by atomic mass is 10.2. The van der Waals surface area contributed by atoms with Crippen molar-refractivity contribution in [2.45, 2.75) is 19.3 Å². The molecule has 0 amide bonds. The highest BCUT2D eigenvalue weighted by molar-refractivity contribution is 7.89. The maximum atomic E-state index is 10.9. The normalized spacial score (nSPS) is 11.1. The van der Waals surface area contributed by atoms with Crippen molar-refractivity contribution in [3.05, 3.63) is 28.3 Å². The summed E-state index contributed by atoms with van der Waals surface area (Å²) in [6.45, 7) is 0.262. The third kappa shape index (κ3) is 6.41. The van der Waals surface area contributed by atoms with Crippen LogP contribution in [-0.4, -0.2) is 32.8 Å². The number of nitro groups is 1. The largest absolute Gasteiger partial charge is 0.496 e. The fourth-order valence-electron chi connectivity index (χ4n) is 1.65. The summed E-state index contributed by atoms with van der Waals surface area (Å²) in [7, 11) is -2.01. The first-order valence-electron chi connectivity index (χ1n) is 6.29. The molecule has 0 atom stereocenters. The molecule has 0 aromatic heterocycles. The Hall–Kier alpha value is -1.87. The molecule has 0 aliphatic carbocycles. The van der Waals surface area contributed by atoms with Gasteiger partial charge in [-0.3, -0.25) is 10.1 Å². The molecule has 0 aliphatic rings. The van der Waals surface area contributed by atoms with E-state index in [9.17, 15) is 18.5 Å². The Morgan fingerprint density at radius 3 is 2.57 bits per heavy atom. The second-order valence-corrected chi connectivity index (χ2v) is 6.10. The number of sulfonamides is 1. The van der Waals surface area contributed by atoms with Crippen LogP contribution in [0.3, 0.4) is 0 Å². The molecular weight excluding hydrogens is 300 g/mol. The fraction of sp³-hybridized carbons (Fsp3) is 0.500. The summed E-state index contributed by atoms with van der Waals surface area (Å²) >= 11 is 0. The molecule has 0 unspecified atom stereocenters. The number of hydrogen-bond donors (Lipinski definition) is 1. The van der Waals surface area contributed by atoms with E-state index < -0.39 is 14.9 Å². The van der Waals surface area contributed by atoms with Crippen molar-refractivity contribution in [1.82, 2.24) is 0 Å². The summed E-state index contributed by atoms with van der Waals surface area (Å²) in [4.78, 5) is 10.4. The van der Waals surface area contributed by atoms with Crippen LogP contribution in [0.4, 0.5) is 5.69 Å². The molecule has 0 bridgehead atoms. The first-order chi connectivity index (χ1) is 9.83. The highest BCUT2D eigenvalue weighted by Gasteiger charge is 2.16. The van der Waals surface area contributed by atoms with E-state index in [1.54, 1.807) is 6.07 Å². The van der Waals surface area contributed by atoms with Gasteiger partial charge in [0.1, 0.15) is 5.75 Å². The van der Waals surface area contributed by atoms with Crippen molar-refractivity contribution in [3.8, 4) is 11.5 Å². The van der Waals surface area contributed by atoms with Gasteiger partial charge in [0.15, 0.2) is 5.75 Å². The number of nitro benzene ring substituents is 1. The quantitative estimate of drug-likeness (QED) is 0.417. The standard InChI is InChI=1S/C12H18N2O6S/c1-19-10-5-6-12(11(9-10)14(15)16)20-7-3-2-4-8-21(13,17)18/h5-6,9H,2-4,7-8H2,1H3,(H2,13,17,18). The fourth-order valence-corrected chi connectivity index (χ4v) is 2.26. The molecule has 2 N–H and O–H groups in total. The van der Waals surface area contributed by atoms with E-state index in [0.717, 1.165) is 0 Å².